The Bertz CT molecular complexity index is 130. The monoisotopic (exact) mass is 185 g/mol. The van der Waals surface area contributed by atoms with Gasteiger partial charge in [-0.05, 0) is 25.7 Å². The van der Waals surface area contributed by atoms with Crippen LogP contribution < -0.4 is 0 Å². The normalized spacial score (nSPS) is 23.3. The molecule has 0 aliphatic carbocycles. The molecule has 2 nitrogen and oxygen atoms in total. The summed E-state index contributed by atoms with van der Waals surface area (Å²) >= 11 is 0. The first kappa shape index (κ1) is 11.0. The van der Waals surface area contributed by atoms with E-state index in [0.717, 1.165) is 5.92 Å². The first-order valence-corrected chi connectivity index (χ1v) is 5.54. The fourth-order valence-electron chi connectivity index (χ4n) is 2.16. The molecule has 0 aromatic rings. The van der Waals surface area contributed by atoms with Crippen LogP contribution in [0.4, 0.5) is 0 Å². The van der Waals surface area contributed by atoms with Crippen molar-refractivity contribution in [3.8, 4) is 0 Å². The van der Waals surface area contributed by atoms with Crippen molar-refractivity contribution in [3.63, 3.8) is 0 Å². The Morgan fingerprint density at radius 3 is 2.46 bits per heavy atom. The highest BCUT2D eigenvalue weighted by Crippen LogP contribution is 2.22. The molecule has 1 aliphatic rings. The lowest BCUT2D eigenvalue weighted by Gasteiger charge is -2.35. The topological polar surface area (TPSA) is 12.5 Å². The van der Waals surface area contributed by atoms with Gasteiger partial charge in [0.2, 0.25) is 0 Å². The van der Waals surface area contributed by atoms with E-state index in [9.17, 15) is 0 Å². The van der Waals surface area contributed by atoms with Gasteiger partial charge in [-0.3, -0.25) is 4.90 Å². The van der Waals surface area contributed by atoms with E-state index in [1.807, 2.05) is 0 Å². The summed E-state index contributed by atoms with van der Waals surface area (Å²) in [6.07, 6.45) is 5.78. The molecule has 0 saturated carbocycles. The number of likely N-dealkylation sites (tertiary alicyclic amines) is 1. The van der Waals surface area contributed by atoms with Gasteiger partial charge in [-0.15, -0.1) is 0 Å². The molecule has 78 valence electrons. The van der Waals surface area contributed by atoms with E-state index in [2.05, 4.69) is 18.7 Å². The van der Waals surface area contributed by atoms with E-state index >= 15 is 0 Å². The molecule has 0 spiro atoms. The maximum absolute atomic E-state index is 5.31. The highest BCUT2D eigenvalue weighted by molar-refractivity contribution is 4.72. The van der Waals surface area contributed by atoms with E-state index in [1.165, 1.54) is 38.8 Å². The summed E-state index contributed by atoms with van der Waals surface area (Å²) in [4.78, 5) is 2.44. The summed E-state index contributed by atoms with van der Waals surface area (Å²) in [7, 11) is 1.79. The quantitative estimate of drug-likeness (QED) is 0.667. The molecular formula is C11H23NO. The number of ether oxygens (including phenoxy) is 1. The minimum absolute atomic E-state index is 0.308. The molecule has 0 radical (unpaired) electrons. The number of methoxy groups -OCH3 is 1. The van der Waals surface area contributed by atoms with Crippen LogP contribution in [0, 0.1) is 5.92 Å². The van der Waals surface area contributed by atoms with Crippen molar-refractivity contribution in [3.05, 3.63) is 0 Å². The van der Waals surface area contributed by atoms with Crippen LogP contribution in [-0.4, -0.2) is 31.3 Å². The molecule has 1 unspecified atom stereocenters. The SMILES string of the molecule is CCCC1CCN(C(C)OC)CC1. The number of rotatable bonds is 4. The molecule has 0 aromatic carbocycles. The Balaban J connectivity index is 2.22. The number of hydrogen-bond acceptors (Lipinski definition) is 2. The van der Waals surface area contributed by atoms with Crippen molar-refractivity contribution in [2.75, 3.05) is 20.2 Å². The maximum atomic E-state index is 5.31. The van der Waals surface area contributed by atoms with E-state index < -0.39 is 0 Å². The standard InChI is InChI=1S/C11H23NO/c1-4-5-11-6-8-12(9-7-11)10(2)13-3/h10-11H,4-9H2,1-3H3. The van der Waals surface area contributed by atoms with Crippen molar-refractivity contribution >= 4 is 0 Å². The number of piperidine rings is 1. The number of hydrogen-bond donors (Lipinski definition) is 0. The lowest BCUT2D eigenvalue weighted by atomic mass is 9.92. The van der Waals surface area contributed by atoms with Crippen LogP contribution in [0.3, 0.4) is 0 Å². The summed E-state index contributed by atoms with van der Waals surface area (Å²) < 4.78 is 5.31. The van der Waals surface area contributed by atoms with Gasteiger partial charge in [0, 0.05) is 20.2 Å². The van der Waals surface area contributed by atoms with Gasteiger partial charge in [-0.2, -0.15) is 0 Å². The van der Waals surface area contributed by atoms with Crippen molar-refractivity contribution in [2.24, 2.45) is 5.92 Å². The smallest absolute Gasteiger partial charge is 0.107 e. The fraction of sp³-hybridized carbons (Fsp3) is 1.00. The molecule has 0 aromatic heterocycles. The molecule has 0 N–H and O–H groups in total. The van der Waals surface area contributed by atoms with Gasteiger partial charge in [0.15, 0.2) is 0 Å². The van der Waals surface area contributed by atoms with Crippen molar-refractivity contribution < 1.29 is 4.74 Å². The van der Waals surface area contributed by atoms with Gasteiger partial charge in [0.1, 0.15) is 6.23 Å². The van der Waals surface area contributed by atoms with Gasteiger partial charge in [0.25, 0.3) is 0 Å². The lowest BCUT2D eigenvalue weighted by molar-refractivity contribution is -0.0356. The summed E-state index contributed by atoms with van der Waals surface area (Å²) in [5.74, 6) is 0.977. The first-order valence-electron chi connectivity index (χ1n) is 5.54. The molecule has 1 saturated heterocycles. The second-order valence-electron chi connectivity index (χ2n) is 4.10. The predicted octanol–water partition coefficient (Wildman–Crippen LogP) is 2.49. The van der Waals surface area contributed by atoms with Crippen LogP contribution in [0.1, 0.15) is 39.5 Å². The van der Waals surface area contributed by atoms with Crippen LogP contribution in [-0.2, 0) is 4.74 Å². The van der Waals surface area contributed by atoms with Crippen LogP contribution in [0.25, 0.3) is 0 Å². The number of nitrogens with zero attached hydrogens (tertiary/aromatic N) is 1. The van der Waals surface area contributed by atoms with E-state index in [0.29, 0.717) is 6.23 Å². The Morgan fingerprint density at radius 1 is 1.38 bits per heavy atom. The zero-order valence-electron chi connectivity index (χ0n) is 9.25. The highest BCUT2D eigenvalue weighted by Gasteiger charge is 2.21. The van der Waals surface area contributed by atoms with Crippen molar-refractivity contribution in [1.82, 2.24) is 4.90 Å². The Kier molecular flexibility index (Phi) is 4.74. The Hall–Kier alpha value is -0.0800. The van der Waals surface area contributed by atoms with E-state index in [4.69, 9.17) is 4.74 Å². The van der Waals surface area contributed by atoms with Crippen LogP contribution in [0.15, 0.2) is 0 Å². The second-order valence-corrected chi connectivity index (χ2v) is 4.10. The summed E-state index contributed by atoms with van der Waals surface area (Å²) in [5.41, 5.74) is 0. The maximum Gasteiger partial charge on any atom is 0.107 e. The largest absolute Gasteiger partial charge is 0.367 e. The molecule has 1 rings (SSSR count). The summed E-state index contributed by atoms with van der Waals surface area (Å²) in [6.45, 7) is 6.86. The van der Waals surface area contributed by atoms with E-state index in [-0.39, 0.29) is 0 Å². The van der Waals surface area contributed by atoms with Crippen molar-refractivity contribution in [1.29, 1.82) is 0 Å². The van der Waals surface area contributed by atoms with Gasteiger partial charge in [-0.25, -0.2) is 0 Å². The molecule has 1 heterocycles. The third-order valence-corrected chi connectivity index (χ3v) is 3.20. The minimum Gasteiger partial charge on any atom is -0.367 e. The molecule has 13 heavy (non-hydrogen) atoms. The van der Waals surface area contributed by atoms with Gasteiger partial charge >= 0.3 is 0 Å². The average Bonchev–Trinajstić information content (AvgIpc) is 2.18. The molecular weight excluding hydrogens is 162 g/mol. The minimum atomic E-state index is 0.308. The lowest BCUT2D eigenvalue weighted by Crippen LogP contribution is -2.40. The Labute approximate surface area is 82.3 Å². The molecule has 0 bridgehead atoms. The Morgan fingerprint density at radius 2 is 2.00 bits per heavy atom. The van der Waals surface area contributed by atoms with Crippen LogP contribution in [0.5, 0.6) is 0 Å². The molecule has 0 amide bonds. The van der Waals surface area contributed by atoms with E-state index in [1.54, 1.807) is 7.11 Å². The zero-order valence-corrected chi connectivity index (χ0v) is 9.25. The van der Waals surface area contributed by atoms with Crippen LogP contribution in [0.2, 0.25) is 0 Å². The predicted molar refractivity (Wildman–Crippen MR) is 55.7 cm³/mol. The second kappa shape index (κ2) is 5.61. The van der Waals surface area contributed by atoms with Crippen molar-refractivity contribution in [2.45, 2.75) is 45.8 Å². The molecule has 1 fully saturated rings. The third kappa shape index (κ3) is 3.28. The fourth-order valence-corrected chi connectivity index (χ4v) is 2.16. The third-order valence-electron chi connectivity index (χ3n) is 3.20. The molecule has 1 aliphatic heterocycles. The average molecular weight is 185 g/mol. The zero-order chi connectivity index (χ0) is 9.68. The van der Waals surface area contributed by atoms with Gasteiger partial charge in [0.05, 0.1) is 0 Å². The first-order chi connectivity index (χ1) is 6.27. The van der Waals surface area contributed by atoms with Gasteiger partial charge in [-0.1, -0.05) is 19.8 Å². The highest BCUT2D eigenvalue weighted by atomic mass is 16.5. The molecule has 1 atom stereocenters. The van der Waals surface area contributed by atoms with Gasteiger partial charge < -0.3 is 4.74 Å². The molecule has 2 heteroatoms. The summed E-state index contributed by atoms with van der Waals surface area (Å²) in [6, 6.07) is 0. The summed E-state index contributed by atoms with van der Waals surface area (Å²) in [5, 5.41) is 0. The van der Waals surface area contributed by atoms with Crippen LogP contribution >= 0.6 is 0 Å².